The van der Waals surface area contributed by atoms with Crippen molar-refractivity contribution in [2.75, 3.05) is 13.7 Å². The highest BCUT2D eigenvalue weighted by Gasteiger charge is 2.37. The number of carbonyl (C=O) groups excluding carboxylic acids is 1. The predicted octanol–water partition coefficient (Wildman–Crippen LogP) is 1.17. The van der Waals surface area contributed by atoms with E-state index < -0.39 is 0 Å². The van der Waals surface area contributed by atoms with Crippen LogP contribution in [0.4, 0.5) is 0 Å². The Morgan fingerprint density at radius 1 is 1.29 bits per heavy atom. The van der Waals surface area contributed by atoms with E-state index in [1.165, 1.54) is 0 Å². The van der Waals surface area contributed by atoms with Crippen LogP contribution in [0.2, 0.25) is 0 Å². The van der Waals surface area contributed by atoms with Crippen LogP contribution in [-0.2, 0) is 9.53 Å². The van der Waals surface area contributed by atoms with Crippen LogP contribution in [-0.4, -0.2) is 47.8 Å². The summed E-state index contributed by atoms with van der Waals surface area (Å²) in [6, 6.07) is -0.0207. The van der Waals surface area contributed by atoms with Gasteiger partial charge in [0.05, 0.1) is 12.1 Å². The molecule has 4 heteroatoms. The van der Waals surface area contributed by atoms with Crippen LogP contribution in [0.5, 0.6) is 0 Å². The maximum atomic E-state index is 12.3. The van der Waals surface area contributed by atoms with Crippen molar-refractivity contribution in [1.82, 2.24) is 4.90 Å². The Morgan fingerprint density at radius 3 is 2.59 bits per heavy atom. The van der Waals surface area contributed by atoms with Gasteiger partial charge in [0.2, 0.25) is 0 Å². The summed E-state index contributed by atoms with van der Waals surface area (Å²) in [5, 5.41) is 9.96. The number of carbonyl (C=O) groups is 1. The molecule has 1 amide bonds. The van der Waals surface area contributed by atoms with Crippen molar-refractivity contribution >= 4 is 5.91 Å². The number of ether oxygens (including phenoxy) is 1. The molecular formula is C13H23NO3. The van der Waals surface area contributed by atoms with Crippen LogP contribution in [0.3, 0.4) is 0 Å². The fourth-order valence-electron chi connectivity index (χ4n) is 2.92. The van der Waals surface area contributed by atoms with Gasteiger partial charge in [-0.15, -0.1) is 0 Å². The Morgan fingerprint density at radius 2 is 2.00 bits per heavy atom. The molecule has 1 aliphatic carbocycles. The van der Waals surface area contributed by atoms with E-state index in [4.69, 9.17) is 4.74 Å². The summed E-state index contributed by atoms with van der Waals surface area (Å²) >= 11 is 0. The van der Waals surface area contributed by atoms with E-state index in [2.05, 4.69) is 6.92 Å². The molecule has 2 rings (SSSR count). The molecule has 1 saturated heterocycles. The average Bonchev–Trinajstić information content (AvgIpc) is 2.74. The predicted molar refractivity (Wildman–Crippen MR) is 64.6 cm³/mol. The molecule has 0 aromatic rings. The minimum atomic E-state index is -0.366. The summed E-state index contributed by atoms with van der Waals surface area (Å²) in [5.74, 6) is 0.339. The van der Waals surface area contributed by atoms with E-state index in [0.29, 0.717) is 12.5 Å². The maximum Gasteiger partial charge on any atom is 0.252 e. The van der Waals surface area contributed by atoms with E-state index in [0.717, 1.165) is 32.1 Å². The van der Waals surface area contributed by atoms with Crippen LogP contribution in [0.1, 0.15) is 39.0 Å². The zero-order valence-electron chi connectivity index (χ0n) is 10.8. The number of aliphatic hydroxyl groups excluding tert-OH is 1. The SMILES string of the molecule is CC1CCOC1C(=O)N(C)C1CCCCC1O. The molecule has 0 aromatic carbocycles. The molecule has 1 saturated carbocycles. The van der Waals surface area contributed by atoms with Gasteiger partial charge in [0.1, 0.15) is 6.10 Å². The molecule has 0 aromatic heterocycles. The lowest BCUT2D eigenvalue weighted by molar-refractivity contribution is -0.146. The molecule has 1 heterocycles. The molecule has 4 atom stereocenters. The standard InChI is InChI=1S/C13H23NO3/c1-9-7-8-17-12(9)13(16)14(2)10-5-3-4-6-11(10)15/h9-12,15H,3-8H2,1-2H3. The third-order valence-electron chi connectivity index (χ3n) is 4.17. The van der Waals surface area contributed by atoms with Gasteiger partial charge in [-0.25, -0.2) is 0 Å². The van der Waals surface area contributed by atoms with Crippen LogP contribution < -0.4 is 0 Å². The van der Waals surface area contributed by atoms with Gasteiger partial charge in [0, 0.05) is 13.7 Å². The second-order valence-corrected chi connectivity index (χ2v) is 5.43. The Balaban J connectivity index is 1.98. The van der Waals surface area contributed by atoms with Crippen LogP contribution >= 0.6 is 0 Å². The fourth-order valence-corrected chi connectivity index (χ4v) is 2.92. The van der Waals surface area contributed by atoms with Crippen LogP contribution in [0.25, 0.3) is 0 Å². The normalized spacial score (nSPS) is 38.1. The van der Waals surface area contributed by atoms with Gasteiger partial charge in [-0.2, -0.15) is 0 Å². The highest BCUT2D eigenvalue weighted by Crippen LogP contribution is 2.26. The van der Waals surface area contributed by atoms with Gasteiger partial charge < -0.3 is 14.7 Å². The van der Waals surface area contributed by atoms with Crippen molar-refractivity contribution in [2.45, 2.75) is 57.3 Å². The van der Waals surface area contributed by atoms with Crippen molar-refractivity contribution in [3.05, 3.63) is 0 Å². The lowest BCUT2D eigenvalue weighted by atomic mass is 9.91. The Hall–Kier alpha value is -0.610. The molecular weight excluding hydrogens is 218 g/mol. The Bertz CT molecular complexity index is 282. The fraction of sp³-hybridized carbons (Fsp3) is 0.923. The summed E-state index contributed by atoms with van der Waals surface area (Å²) in [4.78, 5) is 14.0. The number of hydrogen-bond acceptors (Lipinski definition) is 3. The van der Waals surface area contributed by atoms with Gasteiger partial charge in [-0.05, 0) is 25.2 Å². The minimum absolute atomic E-state index is 0.0207. The second kappa shape index (κ2) is 5.36. The maximum absolute atomic E-state index is 12.3. The summed E-state index contributed by atoms with van der Waals surface area (Å²) < 4.78 is 5.50. The summed E-state index contributed by atoms with van der Waals surface area (Å²) in [7, 11) is 1.80. The topological polar surface area (TPSA) is 49.8 Å². The van der Waals surface area contributed by atoms with Crippen molar-refractivity contribution in [3.8, 4) is 0 Å². The first-order valence-corrected chi connectivity index (χ1v) is 6.67. The van der Waals surface area contributed by atoms with Crippen molar-refractivity contribution < 1.29 is 14.6 Å². The molecule has 0 spiro atoms. The summed E-state index contributed by atoms with van der Waals surface area (Å²) in [5.41, 5.74) is 0. The van der Waals surface area contributed by atoms with E-state index in [1.807, 2.05) is 0 Å². The van der Waals surface area contributed by atoms with E-state index in [-0.39, 0.29) is 24.2 Å². The van der Waals surface area contributed by atoms with E-state index in [1.54, 1.807) is 11.9 Å². The third kappa shape index (κ3) is 2.63. The van der Waals surface area contributed by atoms with Gasteiger partial charge in [0.15, 0.2) is 0 Å². The Labute approximate surface area is 103 Å². The molecule has 98 valence electrons. The summed E-state index contributed by atoms with van der Waals surface area (Å²) in [6.07, 6.45) is 4.17. The highest BCUT2D eigenvalue weighted by molar-refractivity contribution is 5.81. The second-order valence-electron chi connectivity index (χ2n) is 5.43. The average molecular weight is 241 g/mol. The smallest absolute Gasteiger partial charge is 0.252 e. The van der Waals surface area contributed by atoms with Crippen molar-refractivity contribution in [2.24, 2.45) is 5.92 Å². The molecule has 1 aliphatic heterocycles. The quantitative estimate of drug-likeness (QED) is 0.789. The van der Waals surface area contributed by atoms with E-state index in [9.17, 15) is 9.90 Å². The summed E-state index contributed by atoms with van der Waals surface area (Å²) in [6.45, 7) is 2.74. The molecule has 0 bridgehead atoms. The van der Waals surface area contributed by atoms with Gasteiger partial charge in [0.25, 0.3) is 5.91 Å². The van der Waals surface area contributed by atoms with Crippen molar-refractivity contribution in [3.63, 3.8) is 0 Å². The number of nitrogens with zero attached hydrogens (tertiary/aromatic N) is 1. The molecule has 0 radical (unpaired) electrons. The van der Waals surface area contributed by atoms with Crippen molar-refractivity contribution in [1.29, 1.82) is 0 Å². The zero-order chi connectivity index (χ0) is 12.4. The van der Waals surface area contributed by atoms with Gasteiger partial charge in [-0.1, -0.05) is 19.8 Å². The number of amides is 1. The number of hydrogen-bond donors (Lipinski definition) is 1. The first-order valence-electron chi connectivity index (χ1n) is 6.67. The monoisotopic (exact) mass is 241 g/mol. The van der Waals surface area contributed by atoms with Gasteiger partial charge >= 0.3 is 0 Å². The molecule has 4 nitrogen and oxygen atoms in total. The van der Waals surface area contributed by atoms with Gasteiger partial charge in [-0.3, -0.25) is 4.79 Å². The molecule has 2 aliphatic rings. The Kier molecular flexibility index (Phi) is 4.05. The zero-order valence-corrected chi connectivity index (χ0v) is 10.8. The van der Waals surface area contributed by atoms with Crippen LogP contribution in [0, 0.1) is 5.92 Å². The van der Waals surface area contributed by atoms with Crippen LogP contribution in [0.15, 0.2) is 0 Å². The lowest BCUT2D eigenvalue weighted by Crippen LogP contribution is -2.50. The molecule has 2 fully saturated rings. The first kappa shape index (κ1) is 12.8. The molecule has 17 heavy (non-hydrogen) atoms. The number of likely N-dealkylation sites (N-methyl/N-ethyl adjacent to an activating group) is 1. The number of rotatable bonds is 2. The first-order chi connectivity index (χ1) is 8.11. The lowest BCUT2D eigenvalue weighted by Gasteiger charge is -2.36. The highest BCUT2D eigenvalue weighted by atomic mass is 16.5. The third-order valence-corrected chi connectivity index (χ3v) is 4.17. The largest absolute Gasteiger partial charge is 0.391 e. The molecule has 4 unspecified atom stereocenters. The van der Waals surface area contributed by atoms with E-state index >= 15 is 0 Å². The number of aliphatic hydroxyl groups is 1. The minimum Gasteiger partial charge on any atom is -0.391 e. The molecule has 1 N–H and O–H groups in total.